The van der Waals surface area contributed by atoms with Crippen molar-refractivity contribution in [3.8, 4) is 0 Å². The number of amides is 2. The third kappa shape index (κ3) is 3.97. The highest BCUT2D eigenvalue weighted by Crippen LogP contribution is 2.38. The van der Waals surface area contributed by atoms with E-state index >= 15 is 0 Å². The maximum Gasteiger partial charge on any atom is 0.226 e. The van der Waals surface area contributed by atoms with Crippen LogP contribution >= 0.6 is 0 Å². The molecule has 1 aliphatic rings. The maximum atomic E-state index is 13.1. The van der Waals surface area contributed by atoms with E-state index in [-0.39, 0.29) is 29.8 Å². The fraction of sp³-hybridized carbons (Fsp3) is 0.600. The first kappa shape index (κ1) is 18.5. The molecular formula is C20H30N2O2. The van der Waals surface area contributed by atoms with Crippen LogP contribution in [0.25, 0.3) is 0 Å². The minimum atomic E-state index is -0.188. The second-order valence-electron chi connectivity index (χ2n) is 6.79. The van der Waals surface area contributed by atoms with Gasteiger partial charge in [0, 0.05) is 25.4 Å². The molecule has 4 heteroatoms. The molecule has 2 rings (SSSR count). The van der Waals surface area contributed by atoms with Crippen LogP contribution < -0.4 is 5.32 Å². The summed E-state index contributed by atoms with van der Waals surface area (Å²) in [6.07, 6.45) is 3.88. The summed E-state index contributed by atoms with van der Waals surface area (Å²) in [4.78, 5) is 27.0. The molecule has 1 heterocycles. The van der Waals surface area contributed by atoms with Gasteiger partial charge in [0.2, 0.25) is 11.8 Å². The van der Waals surface area contributed by atoms with Crippen LogP contribution in [0.3, 0.4) is 0 Å². The number of aryl methyl sites for hydroxylation is 1. The lowest BCUT2D eigenvalue weighted by Crippen LogP contribution is -2.49. The summed E-state index contributed by atoms with van der Waals surface area (Å²) in [7, 11) is 1.63. The SMILES string of the molecule is CCC(CC)N1C(=O)C(CC(=O)NC)CCC1c1ccc(C)cc1. The molecule has 132 valence electrons. The van der Waals surface area contributed by atoms with Crippen LogP contribution in [-0.4, -0.2) is 29.8 Å². The van der Waals surface area contributed by atoms with Gasteiger partial charge < -0.3 is 10.2 Å². The normalized spacial score (nSPS) is 21.2. The largest absolute Gasteiger partial charge is 0.359 e. The summed E-state index contributed by atoms with van der Waals surface area (Å²) in [6.45, 7) is 6.35. The van der Waals surface area contributed by atoms with E-state index in [9.17, 15) is 9.59 Å². The van der Waals surface area contributed by atoms with Crippen LogP contribution in [0, 0.1) is 12.8 Å². The fourth-order valence-corrected chi connectivity index (χ4v) is 3.73. The van der Waals surface area contributed by atoms with Crippen LogP contribution in [0.1, 0.15) is 63.1 Å². The van der Waals surface area contributed by atoms with Crippen LogP contribution in [0.2, 0.25) is 0 Å². The lowest BCUT2D eigenvalue weighted by Gasteiger charge is -2.44. The molecule has 1 aromatic rings. The van der Waals surface area contributed by atoms with E-state index in [1.54, 1.807) is 7.05 Å². The molecule has 2 amide bonds. The summed E-state index contributed by atoms with van der Waals surface area (Å²) in [5.41, 5.74) is 2.44. The van der Waals surface area contributed by atoms with Gasteiger partial charge in [-0.15, -0.1) is 0 Å². The molecule has 0 bridgehead atoms. The highest BCUT2D eigenvalue weighted by Gasteiger charge is 2.39. The average Bonchev–Trinajstić information content (AvgIpc) is 2.59. The van der Waals surface area contributed by atoms with Gasteiger partial charge in [0.05, 0.1) is 6.04 Å². The summed E-state index contributed by atoms with van der Waals surface area (Å²) in [5.74, 6) is -0.0944. The third-order valence-electron chi connectivity index (χ3n) is 5.24. The molecule has 2 unspecified atom stereocenters. The van der Waals surface area contributed by atoms with Crippen LogP contribution in [0.15, 0.2) is 24.3 Å². The molecule has 0 aromatic heterocycles. The number of nitrogens with one attached hydrogen (secondary N) is 1. The van der Waals surface area contributed by atoms with E-state index in [2.05, 4.69) is 55.3 Å². The van der Waals surface area contributed by atoms with Crippen LogP contribution in [-0.2, 0) is 9.59 Å². The molecule has 1 fully saturated rings. The minimum Gasteiger partial charge on any atom is -0.359 e. The molecular weight excluding hydrogens is 300 g/mol. The summed E-state index contributed by atoms with van der Waals surface area (Å²) < 4.78 is 0. The van der Waals surface area contributed by atoms with E-state index in [4.69, 9.17) is 0 Å². The first-order valence-corrected chi connectivity index (χ1v) is 9.11. The highest BCUT2D eigenvalue weighted by molar-refractivity contribution is 5.86. The van der Waals surface area contributed by atoms with Crippen LogP contribution in [0.5, 0.6) is 0 Å². The Balaban J connectivity index is 2.29. The Morgan fingerprint density at radius 3 is 2.38 bits per heavy atom. The highest BCUT2D eigenvalue weighted by atomic mass is 16.2. The predicted octanol–water partition coefficient (Wildman–Crippen LogP) is 3.60. The number of hydrogen-bond donors (Lipinski definition) is 1. The smallest absolute Gasteiger partial charge is 0.226 e. The van der Waals surface area contributed by atoms with Gasteiger partial charge in [0.1, 0.15) is 0 Å². The number of rotatable bonds is 6. The molecule has 1 aromatic carbocycles. The quantitative estimate of drug-likeness (QED) is 0.866. The maximum absolute atomic E-state index is 13.1. The first-order valence-electron chi connectivity index (χ1n) is 9.11. The zero-order valence-corrected chi connectivity index (χ0v) is 15.3. The van der Waals surface area contributed by atoms with Gasteiger partial charge in [0.25, 0.3) is 0 Å². The van der Waals surface area contributed by atoms with E-state index in [1.807, 2.05) is 0 Å². The van der Waals surface area contributed by atoms with E-state index < -0.39 is 0 Å². The van der Waals surface area contributed by atoms with Crippen molar-refractivity contribution in [3.05, 3.63) is 35.4 Å². The Hall–Kier alpha value is -1.84. The molecule has 2 atom stereocenters. The number of nitrogens with zero attached hydrogens (tertiary/aromatic N) is 1. The third-order valence-corrected chi connectivity index (χ3v) is 5.24. The standard InChI is InChI=1S/C20H30N2O2/c1-5-17(6-2)22-18(15-9-7-14(3)8-10-15)12-11-16(20(22)24)13-19(23)21-4/h7-10,16-18H,5-6,11-13H2,1-4H3,(H,21,23). The van der Waals surface area contributed by atoms with E-state index in [0.29, 0.717) is 6.42 Å². The summed E-state index contributed by atoms with van der Waals surface area (Å²) in [6, 6.07) is 8.87. The zero-order chi connectivity index (χ0) is 17.7. The Morgan fingerprint density at radius 2 is 1.83 bits per heavy atom. The monoisotopic (exact) mass is 330 g/mol. The second-order valence-corrected chi connectivity index (χ2v) is 6.79. The fourth-order valence-electron chi connectivity index (χ4n) is 3.73. The first-order chi connectivity index (χ1) is 11.5. The molecule has 0 saturated carbocycles. The number of hydrogen-bond acceptors (Lipinski definition) is 2. The van der Waals surface area contributed by atoms with Crippen molar-refractivity contribution in [3.63, 3.8) is 0 Å². The van der Waals surface area contributed by atoms with Gasteiger partial charge in [-0.2, -0.15) is 0 Å². The second kappa shape index (κ2) is 8.32. The molecule has 1 aliphatic heterocycles. The Morgan fingerprint density at radius 1 is 1.21 bits per heavy atom. The Kier molecular flexibility index (Phi) is 6.41. The van der Waals surface area contributed by atoms with Gasteiger partial charge in [-0.3, -0.25) is 9.59 Å². The summed E-state index contributed by atoms with van der Waals surface area (Å²) in [5, 5.41) is 2.64. The average molecular weight is 330 g/mol. The lowest BCUT2D eigenvalue weighted by molar-refractivity contribution is -0.147. The number of carbonyl (C=O) groups is 2. The van der Waals surface area contributed by atoms with Crippen molar-refractivity contribution in [1.29, 1.82) is 0 Å². The Labute approximate surface area is 145 Å². The lowest BCUT2D eigenvalue weighted by atomic mass is 9.84. The number of carbonyl (C=O) groups excluding carboxylic acids is 2. The van der Waals surface area contributed by atoms with Gasteiger partial charge in [0.15, 0.2) is 0 Å². The van der Waals surface area contributed by atoms with Gasteiger partial charge in [-0.05, 0) is 38.2 Å². The molecule has 0 aliphatic carbocycles. The molecule has 4 nitrogen and oxygen atoms in total. The number of likely N-dealkylation sites (tertiary alicyclic amines) is 1. The van der Waals surface area contributed by atoms with E-state index in [1.165, 1.54) is 11.1 Å². The molecule has 0 spiro atoms. The predicted molar refractivity (Wildman–Crippen MR) is 96.5 cm³/mol. The van der Waals surface area contributed by atoms with Crippen molar-refractivity contribution in [2.75, 3.05) is 7.05 Å². The molecule has 0 radical (unpaired) electrons. The van der Waals surface area contributed by atoms with E-state index in [0.717, 1.165) is 25.7 Å². The molecule has 1 saturated heterocycles. The van der Waals surface area contributed by atoms with Gasteiger partial charge in [-0.25, -0.2) is 0 Å². The van der Waals surface area contributed by atoms with Crippen LogP contribution in [0.4, 0.5) is 0 Å². The minimum absolute atomic E-state index is 0.0494. The molecule has 24 heavy (non-hydrogen) atoms. The number of benzene rings is 1. The number of piperidine rings is 1. The van der Waals surface area contributed by atoms with Gasteiger partial charge >= 0.3 is 0 Å². The Bertz CT molecular complexity index is 564. The summed E-state index contributed by atoms with van der Waals surface area (Å²) >= 11 is 0. The topological polar surface area (TPSA) is 49.4 Å². The van der Waals surface area contributed by atoms with Crippen molar-refractivity contribution in [2.24, 2.45) is 5.92 Å². The van der Waals surface area contributed by atoms with Crippen molar-refractivity contribution >= 4 is 11.8 Å². The van der Waals surface area contributed by atoms with Crippen molar-refractivity contribution in [1.82, 2.24) is 10.2 Å². The molecule has 1 N–H and O–H groups in total. The van der Waals surface area contributed by atoms with Crippen molar-refractivity contribution < 1.29 is 9.59 Å². The van der Waals surface area contributed by atoms with Gasteiger partial charge in [-0.1, -0.05) is 43.7 Å². The zero-order valence-electron chi connectivity index (χ0n) is 15.3. The van der Waals surface area contributed by atoms with Crippen molar-refractivity contribution in [2.45, 2.75) is 65.0 Å².